The molecule has 4 rings (SSSR count). The van der Waals surface area contributed by atoms with Crippen LogP contribution in [0, 0.1) is 5.92 Å². The third kappa shape index (κ3) is 2.44. The van der Waals surface area contributed by atoms with E-state index < -0.39 is 0 Å². The Hall–Kier alpha value is -0.900. The molecule has 0 aliphatic carbocycles. The van der Waals surface area contributed by atoms with Gasteiger partial charge in [-0.25, -0.2) is 0 Å². The number of hydrogen-bond acceptors (Lipinski definition) is 3. The lowest BCUT2D eigenvalue weighted by atomic mass is 9.83. The maximum atomic E-state index is 9.60. The van der Waals surface area contributed by atoms with Crippen LogP contribution in [0.1, 0.15) is 24.4 Å². The number of piperidine rings is 3. The van der Waals surface area contributed by atoms with Crippen molar-refractivity contribution in [2.75, 3.05) is 26.2 Å². The van der Waals surface area contributed by atoms with E-state index >= 15 is 0 Å². The molecule has 3 fully saturated rings. The van der Waals surface area contributed by atoms with Gasteiger partial charge in [0.15, 0.2) is 0 Å². The van der Waals surface area contributed by atoms with Gasteiger partial charge in [0, 0.05) is 12.6 Å². The second-order valence-electron chi connectivity index (χ2n) is 5.56. The van der Waals surface area contributed by atoms with Crippen LogP contribution >= 0.6 is 0 Å². The van der Waals surface area contributed by atoms with Crippen LogP contribution in [0.5, 0.6) is 0 Å². The highest BCUT2D eigenvalue weighted by Gasteiger charge is 2.34. The molecule has 0 radical (unpaired) electrons. The molecule has 2 bridgehead atoms. The predicted molar refractivity (Wildman–Crippen MR) is 72.4 cm³/mol. The van der Waals surface area contributed by atoms with Gasteiger partial charge >= 0.3 is 0 Å². The largest absolute Gasteiger partial charge is 0.394 e. The van der Waals surface area contributed by atoms with E-state index in [1.807, 2.05) is 18.2 Å². The van der Waals surface area contributed by atoms with Crippen LogP contribution in [0.2, 0.25) is 0 Å². The topological polar surface area (TPSA) is 35.5 Å². The minimum absolute atomic E-state index is 0.0803. The van der Waals surface area contributed by atoms with Gasteiger partial charge in [0.1, 0.15) is 0 Å². The molecule has 3 nitrogen and oxygen atoms in total. The van der Waals surface area contributed by atoms with Crippen LogP contribution in [-0.4, -0.2) is 42.3 Å². The van der Waals surface area contributed by atoms with E-state index in [9.17, 15) is 5.11 Å². The van der Waals surface area contributed by atoms with Crippen LogP contribution in [0.15, 0.2) is 30.3 Å². The Morgan fingerprint density at radius 1 is 1.22 bits per heavy atom. The van der Waals surface area contributed by atoms with Gasteiger partial charge in [-0.3, -0.25) is 0 Å². The van der Waals surface area contributed by atoms with Crippen LogP contribution in [0.3, 0.4) is 0 Å². The fraction of sp³-hybridized carbons (Fsp3) is 0.600. The number of aliphatic hydroxyl groups excluding tert-OH is 1. The number of nitrogens with zero attached hydrogens (tertiary/aromatic N) is 1. The zero-order chi connectivity index (χ0) is 12.4. The third-order valence-corrected chi connectivity index (χ3v) is 4.46. The highest BCUT2D eigenvalue weighted by atomic mass is 16.3. The normalized spacial score (nSPS) is 32.4. The molecule has 0 saturated carbocycles. The molecule has 1 aromatic carbocycles. The molecule has 3 aliphatic rings. The molecular formula is C15H22N2O. The molecule has 0 amide bonds. The lowest BCUT2D eigenvalue weighted by Crippen LogP contribution is -2.56. The van der Waals surface area contributed by atoms with E-state index in [0.717, 1.165) is 12.5 Å². The first-order valence-corrected chi connectivity index (χ1v) is 7.01. The molecule has 18 heavy (non-hydrogen) atoms. The number of hydrogen-bond donors (Lipinski definition) is 2. The molecule has 0 spiro atoms. The summed E-state index contributed by atoms with van der Waals surface area (Å²) in [4.78, 5) is 2.54. The second-order valence-corrected chi connectivity index (χ2v) is 5.56. The van der Waals surface area contributed by atoms with E-state index in [1.165, 1.54) is 31.5 Å². The van der Waals surface area contributed by atoms with Crippen molar-refractivity contribution in [3.05, 3.63) is 35.9 Å². The quantitative estimate of drug-likeness (QED) is 0.843. The summed E-state index contributed by atoms with van der Waals surface area (Å²) in [5.41, 5.74) is 1.19. The molecule has 0 aromatic heterocycles. The molecule has 98 valence electrons. The minimum atomic E-state index is 0.0803. The van der Waals surface area contributed by atoms with Crippen molar-refractivity contribution in [1.82, 2.24) is 10.2 Å². The van der Waals surface area contributed by atoms with Crippen LogP contribution in [0.4, 0.5) is 0 Å². The van der Waals surface area contributed by atoms with E-state index in [1.54, 1.807) is 0 Å². The van der Waals surface area contributed by atoms with E-state index in [4.69, 9.17) is 0 Å². The summed E-state index contributed by atoms with van der Waals surface area (Å²) < 4.78 is 0. The molecule has 2 N–H and O–H groups in total. The number of nitrogens with one attached hydrogen (secondary N) is 1. The Kier molecular flexibility index (Phi) is 3.64. The van der Waals surface area contributed by atoms with Gasteiger partial charge in [-0.05, 0) is 37.4 Å². The number of rotatable bonds is 4. The number of fused-ring (bicyclic) bond motifs is 3. The van der Waals surface area contributed by atoms with Gasteiger partial charge in [0.25, 0.3) is 0 Å². The maximum Gasteiger partial charge on any atom is 0.0626 e. The first-order valence-electron chi connectivity index (χ1n) is 7.01. The molecule has 2 atom stereocenters. The fourth-order valence-corrected chi connectivity index (χ4v) is 3.35. The van der Waals surface area contributed by atoms with Crippen molar-refractivity contribution in [1.29, 1.82) is 0 Å². The second kappa shape index (κ2) is 5.39. The standard InChI is InChI=1S/C15H22N2O/c18-11-15(12-4-2-1-3-5-12)16-14-10-17-8-6-13(14)7-9-17/h1-5,13-16,18H,6-11H2/t14?,15-/m1/s1. The van der Waals surface area contributed by atoms with E-state index in [0.29, 0.717) is 6.04 Å². The fourth-order valence-electron chi connectivity index (χ4n) is 3.35. The zero-order valence-electron chi connectivity index (χ0n) is 10.8. The molecule has 1 unspecified atom stereocenters. The van der Waals surface area contributed by atoms with Gasteiger partial charge in [0.2, 0.25) is 0 Å². The molecule has 3 heteroatoms. The van der Waals surface area contributed by atoms with Gasteiger partial charge in [-0.1, -0.05) is 30.3 Å². The first kappa shape index (κ1) is 12.2. The zero-order valence-corrected chi connectivity index (χ0v) is 10.8. The average Bonchev–Trinajstić information content (AvgIpc) is 2.47. The Bertz CT molecular complexity index is 373. The summed E-state index contributed by atoms with van der Waals surface area (Å²) in [6, 6.07) is 10.9. The van der Waals surface area contributed by atoms with Crippen molar-refractivity contribution >= 4 is 0 Å². The Morgan fingerprint density at radius 2 is 1.94 bits per heavy atom. The van der Waals surface area contributed by atoms with Crippen LogP contribution in [-0.2, 0) is 0 Å². The molecule has 1 aromatic rings. The maximum absolute atomic E-state index is 9.60. The van der Waals surface area contributed by atoms with Crippen molar-refractivity contribution < 1.29 is 5.11 Å². The highest BCUT2D eigenvalue weighted by molar-refractivity contribution is 5.19. The number of aliphatic hydroxyl groups is 1. The summed E-state index contributed by atoms with van der Waals surface area (Å²) in [5, 5.41) is 13.3. The summed E-state index contributed by atoms with van der Waals surface area (Å²) >= 11 is 0. The third-order valence-electron chi connectivity index (χ3n) is 4.46. The smallest absolute Gasteiger partial charge is 0.0626 e. The lowest BCUT2D eigenvalue weighted by molar-refractivity contribution is 0.0615. The van der Waals surface area contributed by atoms with Gasteiger partial charge in [0.05, 0.1) is 12.6 Å². The van der Waals surface area contributed by atoms with E-state index in [2.05, 4.69) is 22.3 Å². The van der Waals surface area contributed by atoms with Crippen LogP contribution < -0.4 is 5.32 Å². The monoisotopic (exact) mass is 246 g/mol. The Morgan fingerprint density at radius 3 is 2.50 bits per heavy atom. The molecule has 3 aliphatic heterocycles. The lowest BCUT2D eigenvalue weighted by Gasteiger charge is -2.46. The van der Waals surface area contributed by atoms with Crippen molar-refractivity contribution in [3.63, 3.8) is 0 Å². The average molecular weight is 246 g/mol. The SMILES string of the molecule is OC[C@@H](NC1CN2CCC1CC2)c1ccccc1. The van der Waals surface area contributed by atoms with E-state index in [-0.39, 0.29) is 12.6 Å². The molecule has 3 heterocycles. The number of benzene rings is 1. The predicted octanol–water partition coefficient (Wildman–Crippen LogP) is 1.40. The van der Waals surface area contributed by atoms with Gasteiger partial charge in [-0.2, -0.15) is 0 Å². The summed E-state index contributed by atoms with van der Waals surface area (Å²) in [7, 11) is 0. The summed E-state index contributed by atoms with van der Waals surface area (Å²) in [6.45, 7) is 3.84. The van der Waals surface area contributed by atoms with Gasteiger partial charge < -0.3 is 15.3 Å². The highest BCUT2D eigenvalue weighted by Crippen LogP contribution is 2.29. The molecular weight excluding hydrogens is 224 g/mol. The Balaban J connectivity index is 1.67. The molecule has 3 saturated heterocycles. The van der Waals surface area contributed by atoms with Crippen molar-refractivity contribution in [2.24, 2.45) is 5.92 Å². The first-order chi connectivity index (χ1) is 8.86. The Labute approximate surface area is 109 Å². The summed E-state index contributed by atoms with van der Waals surface area (Å²) in [6.07, 6.45) is 2.62. The minimum Gasteiger partial charge on any atom is -0.394 e. The van der Waals surface area contributed by atoms with Gasteiger partial charge in [-0.15, -0.1) is 0 Å². The summed E-state index contributed by atoms with van der Waals surface area (Å²) in [5.74, 6) is 0.799. The van der Waals surface area contributed by atoms with Crippen molar-refractivity contribution in [3.8, 4) is 0 Å². The van der Waals surface area contributed by atoms with Crippen LogP contribution in [0.25, 0.3) is 0 Å². The van der Waals surface area contributed by atoms with Crippen molar-refractivity contribution in [2.45, 2.75) is 24.9 Å².